The molecule has 1 amide bonds. The smallest absolute Gasteiger partial charge is 0.293 e. The second-order valence-corrected chi connectivity index (χ2v) is 1.81. The van der Waals surface area contributed by atoms with Crippen molar-refractivity contribution in [2.45, 2.75) is 0 Å². The number of aromatic nitrogens is 2. The first-order chi connectivity index (χ1) is 5.84. The fourth-order valence-corrected chi connectivity index (χ4v) is 0.576. The minimum Gasteiger partial charge on any atom is -0.316 e. The van der Waals surface area contributed by atoms with Crippen LogP contribution < -0.4 is 5.32 Å². The Morgan fingerprint density at radius 3 is 2.75 bits per heavy atom. The molecule has 0 saturated carbocycles. The van der Waals surface area contributed by atoms with Crippen LogP contribution in [0.25, 0.3) is 0 Å². The van der Waals surface area contributed by atoms with Crippen molar-refractivity contribution in [2.24, 2.45) is 0 Å². The van der Waals surface area contributed by atoms with Crippen molar-refractivity contribution in [3.8, 4) is 0 Å². The molecule has 0 fully saturated rings. The molecule has 0 atom stereocenters. The molecular weight excluding hydrogens is 158 g/mol. The summed E-state index contributed by atoms with van der Waals surface area (Å²) in [5, 5.41) is 2.14. The van der Waals surface area contributed by atoms with Gasteiger partial charge in [0.05, 0.1) is 6.20 Å². The van der Waals surface area contributed by atoms with Gasteiger partial charge in [-0.2, -0.15) is 0 Å². The Hall–Kier alpha value is -2.00. The molecule has 0 radical (unpaired) electrons. The molecule has 0 spiro atoms. The van der Waals surface area contributed by atoms with Crippen molar-refractivity contribution < 1.29 is 9.59 Å². The highest BCUT2D eigenvalue weighted by atomic mass is 16.2. The van der Waals surface area contributed by atoms with Gasteiger partial charge in [-0.25, -0.2) is 14.8 Å². The Kier molecular flexibility index (Phi) is 2.70. The molecule has 0 aliphatic rings. The third-order valence-corrected chi connectivity index (χ3v) is 1.03. The van der Waals surface area contributed by atoms with Crippen molar-refractivity contribution in [2.75, 3.05) is 0 Å². The molecule has 1 N–H and O–H groups in total. The first-order valence-electron chi connectivity index (χ1n) is 3.12. The Balaban J connectivity index is 2.72. The van der Waals surface area contributed by atoms with Gasteiger partial charge in [0.25, 0.3) is 5.91 Å². The second-order valence-electron chi connectivity index (χ2n) is 1.81. The van der Waals surface area contributed by atoms with E-state index in [1.807, 2.05) is 0 Å². The van der Waals surface area contributed by atoms with Crippen LogP contribution in [0.2, 0.25) is 0 Å². The molecule has 60 valence electrons. The van der Waals surface area contributed by atoms with E-state index >= 15 is 0 Å². The van der Waals surface area contributed by atoms with Gasteiger partial charge in [0.15, 0.2) is 0 Å². The Labute approximate surface area is 68.1 Å². The number of rotatable bonds is 2. The third-order valence-electron chi connectivity index (χ3n) is 1.03. The maximum Gasteiger partial charge on any atom is 0.293 e. The highest BCUT2D eigenvalue weighted by Crippen LogP contribution is 1.85. The number of nitrogens with one attached hydrogen (secondary N) is 1. The van der Waals surface area contributed by atoms with E-state index in [9.17, 15) is 9.59 Å². The van der Waals surface area contributed by atoms with Gasteiger partial charge in [-0.1, -0.05) is 0 Å². The molecule has 5 heteroatoms. The molecule has 1 heterocycles. The maximum atomic E-state index is 11.0. The molecule has 1 aromatic rings. The summed E-state index contributed by atoms with van der Waals surface area (Å²) >= 11 is 0. The van der Waals surface area contributed by atoms with Gasteiger partial charge in [0.2, 0.25) is 5.82 Å². The molecule has 0 aliphatic heterocycles. The van der Waals surface area contributed by atoms with E-state index in [0.29, 0.717) is 0 Å². The zero-order chi connectivity index (χ0) is 8.81. The van der Waals surface area contributed by atoms with Crippen LogP contribution in [0.3, 0.4) is 0 Å². The minimum absolute atomic E-state index is 0.0176. The normalized spacial score (nSPS) is 8.33. The summed E-state index contributed by atoms with van der Waals surface area (Å²) in [7, 11) is 0. The van der Waals surface area contributed by atoms with Crippen molar-refractivity contribution in [3.63, 3.8) is 0 Å². The molecular formula is C7H5N3O2. The van der Waals surface area contributed by atoms with E-state index in [2.05, 4.69) is 15.3 Å². The fourth-order valence-electron chi connectivity index (χ4n) is 0.576. The SMILES string of the molecule is O=C=CNC(=O)c1ncccn1. The maximum absolute atomic E-state index is 11.0. The van der Waals surface area contributed by atoms with E-state index in [-0.39, 0.29) is 5.82 Å². The van der Waals surface area contributed by atoms with Gasteiger partial charge in [-0.05, 0) is 6.07 Å². The van der Waals surface area contributed by atoms with Gasteiger partial charge in [0, 0.05) is 12.4 Å². The van der Waals surface area contributed by atoms with E-state index in [1.165, 1.54) is 18.3 Å². The molecule has 0 saturated heterocycles. The van der Waals surface area contributed by atoms with Crippen molar-refractivity contribution in [1.82, 2.24) is 15.3 Å². The monoisotopic (exact) mass is 163 g/mol. The summed E-state index contributed by atoms with van der Waals surface area (Å²) in [6, 6.07) is 1.59. The van der Waals surface area contributed by atoms with Crippen LogP contribution >= 0.6 is 0 Å². The summed E-state index contributed by atoms with van der Waals surface area (Å²) in [6.45, 7) is 0. The van der Waals surface area contributed by atoms with E-state index < -0.39 is 5.91 Å². The predicted molar refractivity (Wildman–Crippen MR) is 39.8 cm³/mol. The fraction of sp³-hybridized carbons (Fsp3) is 0. The summed E-state index contributed by atoms with van der Waals surface area (Å²) in [4.78, 5) is 28.0. The zero-order valence-corrected chi connectivity index (χ0v) is 6.02. The third kappa shape index (κ3) is 2.00. The molecule has 5 nitrogen and oxygen atoms in total. The number of hydrogen-bond donors (Lipinski definition) is 1. The lowest BCUT2D eigenvalue weighted by Gasteiger charge is -1.94. The summed E-state index contributed by atoms with van der Waals surface area (Å²) in [5.74, 6) is 0.895. The second kappa shape index (κ2) is 4.00. The highest BCUT2D eigenvalue weighted by molar-refractivity contribution is 5.91. The highest BCUT2D eigenvalue weighted by Gasteiger charge is 2.04. The van der Waals surface area contributed by atoms with E-state index in [0.717, 1.165) is 6.20 Å². The molecule has 0 bridgehead atoms. The number of amides is 1. The van der Waals surface area contributed by atoms with Crippen LogP contribution in [0, 0.1) is 0 Å². The van der Waals surface area contributed by atoms with E-state index in [1.54, 1.807) is 6.07 Å². The average molecular weight is 163 g/mol. The molecule has 0 aliphatic carbocycles. The zero-order valence-electron chi connectivity index (χ0n) is 6.02. The van der Waals surface area contributed by atoms with Crippen LogP contribution in [0.5, 0.6) is 0 Å². The Morgan fingerprint density at radius 2 is 2.17 bits per heavy atom. The first-order valence-corrected chi connectivity index (χ1v) is 3.12. The first kappa shape index (κ1) is 8.10. The van der Waals surface area contributed by atoms with Crippen LogP contribution in [0.1, 0.15) is 10.6 Å². The lowest BCUT2D eigenvalue weighted by molar-refractivity contribution is 0.0960. The van der Waals surface area contributed by atoms with Gasteiger partial charge in [-0.3, -0.25) is 4.79 Å². The molecule has 1 aromatic heterocycles. The number of hydrogen-bond acceptors (Lipinski definition) is 4. The van der Waals surface area contributed by atoms with Crippen LogP contribution in [0.15, 0.2) is 24.7 Å². The van der Waals surface area contributed by atoms with Crippen LogP contribution in [-0.4, -0.2) is 21.8 Å². The topological polar surface area (TPSA) is 72.0 Å². The standard InChI is InChI=1S/C7H5N3O2/c11-5-4-10-7(12)6-8-2-1-3-9-6/h1-4H,(H,10,12). The lowest BCUT2D eigenvalue weighted by Crippen LogP contribution is -2.19. The predicted octanol–water partition coefficient (Wildman–Crippen LogP) is -0.448. The van der Waals surface area contributed by atoms with Gasteiger partial charge in [-0.15, -0.1) is 0 Å². The molecule has 12 heavy (non-hydrogen) atoms. The number of carbonyl (C=O) groups is 1. The largest absolute Gasteiger partial charge is 0.316 e. The number of carbonyl (C=O) groups excluding carboxylic acids is 2. The summed E-state index contributed by atoms with van der Waals surface area (Å²) < 4.78 is 0. The molecule has 1 rings (SSSR count). The van der Waals surface area contributed by atoms with Crippen molar-refractivity contribution in [3.05, 3.63) is 30.5 Å². The van der Waals surface area contributed by atoms with Gasteiger partial charge in [0.1, 0.15) is 5.94 Å². The summed E-state index contributed by atoms with van der Waals surface area (Å²) in [6.07, 6.45) is 3.73. The quantitative estimate of drug-likeness (QED) is 0.599. The molecule has 0 aromatic carbocycles. The average Bonchev–Trinajstić information content (AvgIpc) is 2.15. The van der Waals surface area contributed by atoms with Crippen LogP contribution in [-0.2, 0) is 4.79 Å². The van der Waals surface area contributed by atoms with Crippen LogP contribution in [0.4, 0.5) is 0 Å². The van der Waals surface area contributed by atoms with Crippen molar-refractivity contribution >= 4 is 11.8 Å². The van der Waals surface area contributed by atoms with E-state index in [4.69, 9.17) is 0 Å². The lowest BCUT2D eigenvalue weighted by atomic mass is 10.5. The number of nitrogens with zero attached hydrogens (tertiary/aromatic N) is 2. The molecule has 0 unspecified atom stereocenters. The summed E-state index contributed by atoms with van der Waals surface area (Å²) in [5.41, 5.74) is 0. The Morgan fingerprint density at radius 1 is 1.50 bits per heavy atom. The van der Waals surface area contributed by atoms with Gasteiger partial charge >= 0.3 is 0 Å². The van der Waals surface area contributed by atoms with Crippen molar-refractivity contribution in [1.29, 1.82) is 0 Å². The van der Waals surface area contributed by atoms with Gasteiger partial charge < -0.3 is 5.32 Å². The minimum atomic E-state index is -0.529. The Bertz CT molecular complexity index is 317.